The second kappa shape index (κ2) is 13.8. The quantitative estimate of drug-likeness (QED) is 0.377. The van der Waals surface area contributed by atoms with Crippen LogP contribution in [-0.2, 0) is 25.7 Å². The van der Waals surface area contributed by atoms with Gasteiger partial charge in [-0.3, -0.25) is 4.79 Å². The summed E-state index contributed by atoms with van der Waals surface area (Å²) in [5, 5.41) is 5.29. The summed E-state index contributed by atoms with van der Waals surface area (Å²) >= 11 is 0. The van der Waals surface area contributed by atoms with E-state index in [2.05, 4.69) is 10.6 Å². The Hall–Kier alpha value is -2.32. The van der Waals surface area contributed by atoms with Crippen molar-refractivity contribution in [1.82, 2.24) is 10.6 Å². The average Bonchev–Trinajstić information content (AvgIpc) is 2.68. The number of halogens is 1. The van der Waals surface area contributed by atoms with Crippen LogP contribution in [0.5, 0.6) is 0 Å². The lowest BCUT2D eigenvalue weighted by Crippen LogP contribution is -2.53. The van der Waals surface area contributed by atoms with Crippen molar-refractivity contribution in [2.75, 3.05) is 13.2 Å². The van der Waals surface area contributed by atoms with E-state index in [1.165, 1.54) is 0 Å². The maximum Gasteiger partial charge on any atom is 0.407 e. The number of esters is 1. The molecular formula is C21H34ClN3O5. The number of carbonyl (C=O) groups is 3. The largest absolute Gasteiger partial charge is 0.464 e. The van der Waals surface area contributed by atoms with Crippen LogP contribution in [0, 0.1) is 5.41 Å². The molecular weight excluding hydrogens is 410 g/mol. The number of nitrogens with one attached hydrogen (secondary N) is 2. The van der Waals surface area contributed by atoms with Gasteiger partial charge in [0.25, 0.3) is 0 Å². The highest BCUT2D eigenvalue weighted by Crippen LogP contribution is 2.17. The van der Waals surface area contributed by atoms with Crippen molar-refractivity contribution in [3.8, 4) is 0 Å². The lowest BCUT2D eigenvalue weighted by Gasteiger charge is -2.27. The zero-order valence-corrected chi connectivity index (χ0v) is 18.9. The monoisotopic (exact) mass is 443 g/mol. The second-order valence-corrected chi connectivity index (χ2v) is 7.79. The molecule has 0 saturated carbocycles. The molecule has 0 bridgehead atoms. The topological polar surface area (TPSA) is 120 Å². The number of benzene rings is 1. The number of rotatable bonds is 10. The smallest absolute Gasteiger partial charge is 0.407 e. The molecule has 0 aliphatic rings. The summed E-state index contributed by atoms with van der Waals surface area (Å²) in [6, 6.07) is 7.77. The maximum absolute atomic E-state index is 12.3. The van der Waals surface area contributed by atoms with Gasteiger partial charge in [0.05, 0.1) is 12.6 Å². The van der Waals surface area contributed by atoms with Crippen LogP contribution in [0.3, 0.4) is 0 Å². The standard InChI is InChI=1S/C21H33N3O5.ClH/c1-5-28-19(26)16(24-18(25)17(22)21(2,3)4)12-9-13-23-20(27)29-14-15-10-7-6-8-11-15;/h6-8,10-11,16-17H,5,9,12-14,22H2,1-4H3,(H,23,27)(H,24,25);1H/t16-,17-;/m1./s1. The van der Waals surface area contributed by atoms with E-state index in [9.17, 15) is 14.4 Å². The van der Waals surface area contributed by atoms with Crippen molar-refractivity contribution in [3.63, 3.8) is 0 Å². The summed E-state index contributed by atoms with van der Waals surface area (Å²) in [5.41, 5.74) is 6.41. The zero-order valence-electron chi connectivity index (χ0n) is 18.1. The predicted octanol–water partition coefficient (Wildman–Crippen LogP) is 2.54. The number of carbonyl (C=O) groups excluding carboxylic acids is 3. The molecule has 0 radical (unpaired) electrons. The van der Waals surface area contributed by atoms with Crippen molar-refractivity contribution in [2.45, 2.75) is 59.2 Å². The normalized spacial score (nSPS) is 12.7. The molecule has 1 rings (SSSR count). The molecule has 0 saturated heterocycles. The first-order chi connectivity index (χ1) is 13.6. The minimum atomic E-state index is -0.821. The first-order valence-corrected chi connectivity index (χ1v) is 9.82. The average molecular weight is 444 g/mol. The number of amides is 2. The molecule has 170 valence electrons. The van der Waals surface area contributed by atoms with Gasteiger partial charge < -0.3 is 25.8 Å². The molecule has 8 nitrogen and oxygen atoms in total. The third-order valence-corrected chi connectivity index (χ3v) is 4.25. The van der Waals surface area contributed by atoms with Gasteiger partial charge in [-0.25, -0.2) is 9.59 Å². The number of ether oxygens (including phenoxy) is 2. The molecule has 2 atom stereocenters. The fourth-order valence-corrected chi connectivity index (χ4v) is 2.42. The molecule has 0 fully saturated rings. The lowest BCUT2D eigenvalue weighted by molar-refractivity contribution is -0.148. The van der Waals surface area contributed by atoms with Crippen molar-refractivity contribution < 1.29 is 23.9 Å². The van der Waals surface area contributed by atoms with Crippen LogP contribution in [0.15, 0.2) is 30.3 Å². The van der Waals surface area contributed by atoms with E-state index in [1.807, 2.05) is 51.1 Å². The highest BCUT2D eigenvalue weighted by Gasteiger charge is 2.31. The third kappa shape index (κ3) is 10.5. The van der Waals surface area contributed by atoms with Gasteiger partial charge in [0.2, 0.25) is 5.91 Å². The van der Waals surface area contributed by atoms with Gasteiger partial charge in [0, 0.05) is 6.54 Å². The molecule has 0 aliphatic heterocycles. The molecule has 1 aromatic rings. The molecule has 0 aromatic heterocycles. The van der Waals surface area contributed by atoms with Crippen LogP contribution in [0.4, 0.5) is 4.79 Å². The number of hydrogen-bond acceptors (Lipinski definition) is 6. The Morgan fingerprint density at radius 2 is 1.73 bits per heavy atom. The van der Waals surface area contributed by atoms with Crippen LogP contribution in [-0.4, -0.2) is 43.2 Å². The van der Waals surface area contributed by atoms with Gasteiger partial charge in [0.1, 0.15) is 12.6 Å². The first-order valence-electron chi connectivity index (χ1n) is 9.82. The van der Waals surface area contributed by atoms with Gasteiger partial charge in [-0.2, -0.15) is 0 Å². The van der Waals surface area contributed by atoms with Crippen molar-refractivity contribution in [2.24, 2.45) is 11.1 Å². The summed E-state index contributed by atoms with van der Waals surface area (Å²) in [7, 11) is 0. The van der Waals surface area contributed by atoms with E-state index < -0.39 is 35.5 Å². The predicted molar refractivity (Wildman–Crippen MR) is 117 cm³/mol. The number of nitrogens with two attached hydrogens (primary N) is 1. The Morgan fingerprint density at radius 1 is 1.10 bits per heavy atom. The molecule has 0 unspecified atom stereocenters. The Morgan fingerprint density at radius 3 is 2.30 bits per heavy atom. The van der Waals surface area contributed by atoms with Crippen LogP contribution in [0.1, 0.15) is 46.1 Å². The molecule has 4 N–H and O–H groups in total. The second-order valence-electron chi connectivity index (χ2n) is 7.79. The maximum atomic E-state index is 12.3. The van der Waals surface area contributed by atoms with E-state index >= 15 is 0 Å². The minimum Gasteiger partial charge on any atom is -0.464 e. The Labute approximate surface area is 184 Å². The van der Waals surface area contributed by atoms with Crippen LogP contribution < -0.4 is 16.4 Å². The van der Waals surface area contributed by atoms with E-state index in [0.717, 1.165) is 5.56 Å². The molecule has 0 spiro atoms. The Kier molecular flexibility index (Phi) is 12.8. The van der Waals surface area contributed by atoms with Gasteiger partial charge in [-0.1, -0.05) is 51.1 Å². The fourth-order valence-electron chi connectivity index (χ4n) is 2.42. The molecule has 2 amide bonds. The summed E-state index contributed by atoms with van der Waals surface area (Å²) in [4.78, 5) is 36.2. The first kappa shape index (κ1) is 27.7. The van der Waals surface area contributed by atoms with E-state index in [1.54, 1.807) is 6.92 Å². The van der Waals surface area contributed by atoms with E-state index in [0.29, 0.717) is 19.4 Å². The van der Waals surface area contributed by atoms with Crippen LogP contribution in [0.25, 0.3) is 0 Å². The molecule has 1 aromatic carbocycles. The molecule has 9 heteroatoms. The number of alkyl carbamates (subject to hydrolysis) is 1. The van der Waals surface area contributed by atoms with Crippen molar-refractivity contribution in [3.05, 3.63) is 35.9 Å². The minimum absolute atomic E-state index is 0. The van der Waals surface area contributed by atoms with Gasteiger partial charge in [-0.05, 0) is 30.7 Å². The van der Waals surface area contributed by atoms with Gasteiger partial charge >= 0.3 is 12.1 Å². The van der Waals surface area contributed by atoms with Crippen LogP contribution in [0.2, 0.25) is 0 Å². The Bertz CT molecular complexity index is 664. The molecule has 0 aliphatic carbocycles. The van der Waals surface area contributed by atoms with Crippen molar-refractivity contribution in [1.29, 1.82) is 0 Å². The highest BCUT2D eigenvalue weighted by atomic mass is 35.5. The summed E-state index contributed by atoms with van der Waals surface area (Å²) in [5.74, 6) is -0.931. The zero-order chi connectivity index (χ0) is 21.9. The lowest BCUT2D eigenvalue weighted by atomic mass is 9.86. The highest BCUT2D eigenvalue weighted by molar-refractivity contribution is 5.87. The van der Waals surface area contributed by atoms with E-state index in [4.69, 9.17) is 15.2 Å². The van der Waals surface area contributed by atoms with Gasteiger partial charge in [0.15, 0.2) is 0 Å². The SMILES string of the molecule is CCOC(=O)[C@@H](CCCNC(=O)OCc1ccccc1)NC(=O)[C@@H](N)C(C)(C)C.Cl. The van der Waals surface area contributed by atoms with Crippen LogP contribution >= 0.6 is 12.4 Å². The Balaban J connectivity index is 0.00000841. The summed E-state index contributed by atoms with van der Waals surface area (Å²) in [6.45, 7) is 7.93. The third-order valence-electron chi connectivity index (χ3n) is 4.25. The van der Waals surface area contributed by atoms with Crippen molar-refractivity contribution >= 4 is 30.4 Å². The molecule has 30 heavy (non-hydrogen) atoms. The molecule has 0 heterocycles. The summed E-state index contributed by atoms with van der Waals surface area (Å²) < 4.78 is 10.2. The fraction of sp³-hybridized carbons (Fsp3) is 0.571. The van der Waals surface area contributed by atoms with Gasteiger partial charge in [-0.15, -0.1) is 12.4 Å². The summed E-state index contributed by atoms with van der Waals surface area (Å²) in [6.07, 6.45) is 0.218. The van der Waals surface area contributed by atoms with E-state index in [-0.39, 0.29) is 25.6 Å². The number of hydrogen-bond donors (Lipinski definition) is 3.